The number of aryl methyl sites for hydroxylation is 1. The number of aromatic nitrogens is 3. The first-order valence-electron chi connectivity index (χ1n) is 8.17. The van der Waals surface area contributed by atoms with Crippen molar-refractivity contribution in [1.29, 1.82) is 5.26 Å². The van der Waals surface area contributed by atoms with Crippen LogP contribution in [0.3, 0.4) is 0 Å². The number of aliphatic carboxylic acids is 1. The Balaban J connectivity index is 1.96. The van der Waals surface area contributed by atoms with Gasteiger partial charge in [0.15, 0.2) is 12.4 Å². The molecular formula is C18H18N4O3. The van der Waals surface area contributed by atoms with Gasteiger partial charge in [0.05, 0.1) is 5.57 Å². The smallest absolute Gasteiger partial charge is 0.341 e. The molecular weight excluding hydrogens is 320 g/mol. The second kappa shape index (κ2) is 7.62. The highest BCUT2D eigenvalue weighted by Gasteiger charge is 2.18. The molecule has 0 spiro atoms. The van der Waals surface area contributed by atoms with Crippen LogP contribution in [0.4, 0.5) is 0 Å². The van der Waals surface area contributed by atoms with Crippen molar-refractivity contribution in [3.63, 3.8) is 0 Å². The van der Waals surface area contributed by atoms with Gasteiger partial charge in [-0.25, -0.2) is 4.79 Å². The number of para-hydroxylation sites is 1. The Bertz CT molecular complexity index is 848. The SMILES string of the molecule is N#C/C(=C/c1ccccc1OCC(=O)O)c1nnc2n1CCCCC2. The summed E-state index contributed by atoms with van der Waals surface area (Å²) >= 11 is 0. The number of ether oxygens (including phenoxy) is 1. The normalized spacial score (nSPS) is 14.3. The molecule has 0 bridgehead atoms. The van der Waals surface area contributed by atoms with E-state index in [1.165, 1.54) is 0 Å². The maximum absolute atomic E-state index is 10.7. The number of hydrogen-bond acceptors (Lipinski definition) is 5. The second-order valence-electron chi connectivity index (χ2n) is 5.79. The van der Waals surface area contributed by atoms with Gasteiger partial charge in [0, 0.05) is 18.5 Å². The van der Waals surface area contributed by atoms with Crippen molar-refractivity contribution in [2.24, 2.45) is 0 Å². The van der Waals surface area contributed by atoms with E-state index in [0.717, 1.165) is 38.1 Å². The molecule has 0 saturated heterocycles. The van der Waals surface area contributed by atoms with E-state index < -0.39 is 12.6 Å². The highest BCUT2D eigenvalue weighted by Crippen LogP contribution is 2.25. The maximum Gasteiger partial charge on any atom is 0.341 e. The summed E-state index contributed by atoms with van der Waals surface area (Å²) < 4.78 is 7.30. The van der Waals surface area contributed by atoms with Crippen LogP contribution >= 0.6 is 0 Å². The van der Waals surface area contributed by atoms with Gasteiger partial charge in [0.1, 0.15) is 17.6 Å². The summed E-state index contributed by atoms with van der Waals surface area (Å²) in [6, 6.07) is 9.19. The number of fused-ring (bicyclic) bond motifs is 1. The van der Waals surface area contributed by atoms with Crippen LogP contribution in [0.25, 0.3) is 11.6 Å². The number of carbonyl (C=O) groups is 1. The van der Waals surface area contributed by atoms with Crippen LogP contribution in [0.2, 0.25) is 0 Å². The monoisotopic (exact) mass is 338 g/mol. The van der Waals surface area contributed by atoms with E-state index in [2.05, 4.69) is 16.3 Å². The summed E-state index contributed by atoms with van der Waals surface area (Å²) in [7, 11) is 0. The first-order chi connectivity index (χ1) is 12.2. The molecule has 0 unspecified atom stereocenters. The summed E-state index contributed by atoms with van der Waals surface area (Å²) in [4.78, 5) is 10.7. The third-order valence-corrected chi connectivity index (χ3v) is 4.04. The quantitative estimate of drug-likeness (QED) is 0.841. The molecule has 1 aliphatic rings. The summed E-state index contributed by atoms with van der Waals surface area (Å²) in [6.07, 6.45) is 5.79. The van der Waals surface area contributed by atoms with Crippen LogP contribution in [-0.4, -0.2) is 32.4 Å². The van der Waals surface area contributed by atoms with E-state index in [9.17, 15) is 10.1 Å². The topological polar surface area (TPSA) is 101 Å². The minimum atomic E-state index is -1.05. The first-order valence-corrected chi connectivity index (χ1v) is 8.17. The van der Waals surface area contributed by atoms with Gasteiger partial charge in [0.25, 0.3) is 0 Å². The number of rotatable bonds is 5. The molecule has 128 valence electrons. The number of carboxylic acids is 1. The van der Waals surface area contributed by atoms with E-state index in [1.54, 1.807) is 30.3 Å². The number of allylic oxidation sites excluding steroid dienone is 1. The second-order valence-corrected chi connectivity index (χ2v) is 5.79. The van der Waals surface area contributed by atoms with Gasteiger partial charge in [-0.05, 0) is 25.0 Å². The third-order valence-electron chi connectivity index (χ3n) is 4.04. The Morgan fingerprint density at radius 3 is 2.96 bits per heavy atom. The molecule has 0 saturated carbocycles. The fourth-order valence-electron chi connectivity index (χ4n) is 2.86. The minimum absolute atomic E-state index is 0.382. The molecule has 0 atom stereocenters. The summed E-state index contributed by atoms with van der Waals surface area (Å²) in [5.74, 6) is 0.812. The Kier molecular flexibility index (Phi) is 5.09. The van der Waals surface area contributed by atoms with Gasteiger partial charge in [-0.3, -0.25) is 0 Å². The lowest BCUT2D eigenvalue weighted by Gasteiger charge is -2.08. The lowest BCUT2D eigenvalue weighted by Crippen LogP contribution is -2.10. The number of carboxylic acid groups (broad SMARTS) is 1. The fraction of sp³-hybridized carbons (Fsp3) is 0.333. The van der Waals surface area contributed by atoms with Crippen molar-refractivity contribution in [2.45, 2.75) is 32.2 Å². The van der Waals surface area contributed by atoms with Crippen molar-refractivity contribution < 1.29 is 14.6 Å². The van der Waals surface area contributed by atoms with Crippen LogP contribution in [-0.2, 0) is 17.8 Å². The first kappa shape index (κ1) is 16.7. The summed E-state index contributed by atoms with van der Waals surface area (Å²) in [6.45, 7) is 0.362. The predicted molar refractivity (Wildman–Crippen MR) is 90.6 cm³/mol. The molecule has 7 nitrogen and oxygen atoms in total. The maximum atomic E-state index is 10.7. The van der Waals surface area contributed by atoms with Crippen molar-refractivity contribution in [3.8, 4) is 11.8 Å². The van der Waals surface area contributed by atoms with Crippen LogP contribution < -0.4 is 4.74 Å². The Hall–Kier alpha value is -3.14. The number of nitriles is 1. The van der Waals surface area contributed by atoms with Crippen LogP contribution in [0.1, 0.15) is 36.5 Å². The largest absolute Gasteiger partial charge is 0.481 e. The van der Waals surface area contributed by atoms with Crippen LogP contribution in [0, 0.1) is 11.3 Å². The number of benzene rings is 1. The van der Waals surface area contributed by atoms with Gasteiger partial charge >= 0.3 is 5.97 Å². The van der Waals surface area contributed by atoms with E-state index in [1.807, 2.05) is 4.57 Å². The standard InChI is InChI=1S/C18H18N4O3/c19-11-14(18-21-20-16-8-2-1-5-9-22(16)18)10-13-6-3-4-7-15(13)25-12-17(23)24/h3-4,6-7,10H,1-2,5,8-9,12H2,(H,23,24)/b14-10-. The average molecular weight is 338 g/mol. The third kappa shape index (κ3) is 3.86. The molecule has 1 aromatic heterocycles. The van der Waals surface area contributed by atoms with Crippen molar-refractivity contribution >= 4 is 17.6 Å². The van der Waals surface area contributed by atoms with Crippen molar-refractivity contribution in [3.05, 3.63) is 41.5 Å². The predicted octanol–water partition coefficient (Wildman–Crippen LogP) is 2.53. The molecule has 0 fully saturated rings. The van der Waals surface area contributed by atoms with E-state index in [0.29, 0.717) is 22.7 Å². The molecule has 2 heterocycles. The molecule has 1 aliphatic heterocycles. The molecule has 25 heavy (non-hydrogen) atoms. The lowest BCUT2D eigenvalue weighted by molar-refractivity contribution is -0.139. The van der Waals surface area contributed by atoms with Gasteiger partial charge in [-0.1, -0.05) is 24.6 Å². The molecule has 0 radical (unpaired) electrons. The Labute approximate surface area is 145 Å². The summed E-state index contributed by atoms with van der Waals surface area (Å²) in [5, 5.41) is 26.8. The minimum Gasteiger partial charge on any atom is -0.481 e. The van der Waals surface area contributed by atoms with Crippen molar-refractivity contribution in [2.75, 3.05) is 6.61 Å². The average Bonchev–Trinajstić information content (AvgIpc) is 2.86. The van der Waals surface area contributed by atoms with Crippen LogP contribution in [0.15, 0.2) is 24.3 Å². The van der Waals surface area contributed by atoms with Crippen molar-refractivity contribution in [1.82, 2.24) is 14.8 Å². The molecule has 0 amide bonds. The zero-order valence-corrected chi connectivity index (χ0v) is 13.7. The zero-order chi connectivity index (χ0) is 17.6. The zero-order valence-electron chi connectivity index (χ0n) is 13.7. The number of hydrogen-bond donors (Lipinski definition) is 1. The molecule has 2 aromatic rings. The molecule has 3 rings (SSSR count). The molecule has 1 N–H and O–H groups in total. The van der Waals surface area contributed by atoms with E-state index in [-0.39, 0.29) is 0 Å². The highest BCUT2D eigenvalue weighted by molar-refractivity contribution is 5.88. The van der Waals surface area contributed by atoms with E-state index >= 15 is 0 Å². The summed E-state index contributed by atoms with van der Waals surface area (Å²) in [5.41, 5.74) is 1.01. The Morgan fingerprint density at radius 2 is 2.16 bits per heavy atom. The van der Waals surface area contributed by atoms with Gasteiger partial charge in [0.2, 0.25) is 0 Å². The van der Waals surface area contributed by atoms with E-state index in [4.69, 9.17) is 9.84 Å². The molecule has 7 heteroatoms. The lowest BCUT2D eigenvalue weighted by atomic mass is 10.1. The van der Waals surface area contributed by atoms with Crippen LogP contribution in [0.5, 0.6) is 5.75 Å². The highest BCUT2D eigenvalue weighted by atomic mass is 16.5. The Morgan fingerprint density at radius 1 is 1.32 bits per heavy atom. The fourth-order valence-corrected chi connectivity index (χ4v) is 2.86. The van der Waals surface area contributed by atoms with Gasteiger partial charge < -0.3 is 14.4 Å². The van der Waals surface area contributed by atoms with Gasteiger partial charge in [-0.2, -0.15) is 5.26 Å². The molecule has 0 aliphatic carbocycles. The number of nitrogens with zero attached hydrogens (tertiary/aromatic N) is 4. The van der Waals surface area contributed by atoms with Gasteiger partial charge in [-0.15, -0.1) is 10.2 Å². The molecule has 1 aromatic carbocycles.